The average Bonchev–Trinajstić information content (AvgIpc) is 2.76. The summed E-state index contributed by atoms with van der Waals surface area (Å²) in [5.41, 5.74) is 0.775. The van der Waals surface area contributed by atoms with E-state index in [1.54, 1.807) is 35.4 Å². The zero-order chi connectivity index (χ0) is 23.5. The van der Waals surface area contributed by atoms with Gasteiger partial charge in [-0.1, -0.05) is 17.7 Å². The molecule has 2 aromatic rings. The number of amides is 2. The Kier molecular flexibility index (Phi) is 7.36. The summed E-state index contributed by atoms with van der Waals surface area (Å²) in [4.78, 5) is 41.6. The molecule has 172 valence electrons. The molecule has 0 unspecified atom stereocenters. The minimum atomic E-state index is -0.677. The normalized spacial score (nSPS) is 18.9. The molecule has 3 rings (SSSR count). The van der Waals surface area contributed by atoms with Crippen LogP contribution in [-0.4, -0.2) is 51.7 Å². The quantitative estimate of drug-likeness (QED) is 0.599. The smallest absolute Gasteiger partial charge is 0.411 e. The number of halogens is 1. The van der Waals surface area contributed by atoms with Crippen LogP contribution < -0.4 is 0 Å². The van der Waals surface area contributed by atoms with Crippen LogP contribution in [0.3, 0.4) is 0 Å². The maximum atomic E-state index is 13.4. The lowest BCUT2D eigenvalue weighted by Crippen LogP contribution is -2.44. The Hall–Kier alpha value is -2.71. The first-order valence-electron chi connectivity index (χ1n) is 10.5. The topological polar surface area (TPSA) is 84.9 Å². The first-order chi connectivity index (χ1) is 15.1. The molecule has 2 amide bonds. The molecule has 0 N–H and O–H groups in total. The first-order valence-corrected chi connectivity index (χ1v) is 10.9. The van der Waals surface area contributed by atoms with E-state index in [2.05, 4.69) is 9.97 Å². The van der Waals surface area contributed by atoms with E-state index < -0.39 is 17.7 Å². The van der Waals surface area contributed by atoms with Crippen LogP contribution in [0.4, 0.5) is 4.79 Å². The van der Waals surface area contributed by atoms with Crippen molar-refractivity contribution in [3.63, 3.8) is 0 Å². The van der Waals surface area contributed by atoms with Crippen molar-refractivity contribution < 1.29 is 19.2 Å². The molecule has 0 radical (unpaired) electrons. The van der Waals surface area contributed by atoms with Crippen LogP contribution >= 0.6 is 11.6 Å². The summed E-state index contributed by atoms with van der Waals surface area (Å²) < 4.78 is 5.75. The standard InChI is InChI=1S/C23H29ClN4O4/c1-23(2,3)32-22(30)28-18(12-7-13-19(28)20-15(24)9-8-14-25-20)16-10-6-11-17(26-16)21(29)27(4)31-5/h6,8-11,14,18-19H,7,12-13H2,1-5H3/t18-,19+/m1/s1. The number of pyridine rings is 2. The van der Waals surface area contributed by atoms with Gasteiger partial charge in [-0.15, -0.1) is 0 Å². The highest BCUT2D eigenvalue weighted by molar-refractivity contribution is 6.31. The lowest BCUT2D eigenvalue weighted by molar-refractivity contribution is -0.0760. The third-order valence-electron chi connectivity index (χ3n) is 5.22. The van der Waals surface area contributed by atoms with Crippen LogP contribution in [0.5, 0.6) is 0 Å². The van der Waals surface area contributed by atoms with Crippen molar-refractivity contribution in [2.75, 3.05) is 14.2 Å². The van der Waals surface area contributed by atoms with Gasteiger partial charge in [0.2, 0.25) is 0 Å². The van der Waals surface area contributed by atoms with Gasteiger partial charge in [0.15, 0.2) is 0 Å². The largest absolute Gasteiger partial charge is 0.444 e. The predicted molar refractivity (Wildman–Crippen MR) is 120 cm³/mol. The van der Waals surface area contributed by atoms with Crippen LogP contribution in [-0.2, 0) is 9.57 Å². The SMILES string of the molecule is CON(C)C(=O)c1cccc([C@H]2CCC[C@@H](c3ncccc3Cl)N2C(=O)OC(C)(C)C)n1. The molecule has 1 fully saturated rings. The van der Waals surface area contributed by atoms with Crippen LogP contribution in [0.15, 0.2) is 36.5 Å². The van der Waals surface area contributed by atoms with Crippen molar-refractivity contribution in [3.8, 4) is 0 Å². The van der Waals surface area contributed by atoms with Crippen molar-refractivity contribution in [1.29, 1.82) is 0 Å². The maximum Gasteiger partial charge on any atom is 0.411 e. The Morgan fingerprint density at radius 3 is 2.53 bits per heavy atom. The molecule has 0 saturated carbocycles. The van der Waals surface area contributed by atoms with E-state index in [1.165, 1.54) is 14.2 Å². The fourth-order valence-electron chi connectivity index (χ4n) is 3.77. The van der Waals surface area contributed by atoms with E-state index in [-0.39, 0.29) is 17.6 Å². The van der Waals surface area contributed by atoms with Gasteiger partial charge in [0, 0.05) is 13.2 Å². The molecule has 1 aliphatic heterocycles. The first kappa shape index (κ1) is 23.9. The predicted octanol–water partition coefficient (Wildman–Crippen LogP) is 4.97. The molecule has 2 aromatic heterocycles. The van der Waals surface area contributed by atoms with Crippen molar-refractivity contribution in [1.82, 2.24) is 19.9 Å². The van der Waals surface area contributed by atoms with E-state index in [0.29, 0.717) is 29.3 Å². The second-order valence-corrected chi connectivity index (χ2v) is 9.06. The summed E-state index contributed by atoms with van der Waals surface area (Å²) in [7, 11) is 2.93. The van der Waals surface area contributed by atoms with E-state index in [0.717, 1.165) is 11.5 Å². The number of carbonyl (C=O) groups is 2. The van der Waals surface area contributed by atoms with Crippen LogP contribution in [0.2, 0.25) is 5.02 Å². The van der Waals surface area contributed by atoms with Crippen molar-refractivity contribution >= 4 is 23.6 Å². The summed E-state index contributed by atoms with van der Waals surface area (Å²) in [5, 5.41) is 1.60. The van der Waals surface area contributed by atoms with Crippen molar-refractivity contribution in [3.05, 3.63) is 58.6 Å². The summed E-state index contributed by atoms with van der Waals surface area (Å²) in [5.74, 6) is -0.377. The summed E-state index contributed by atoms with van der Waals surface area (Å²) >= 11 is 6.45. The van der Waals surface area contributed by atoms with Gasteiger partial charge in [0.1, 0.15) is 11.3 Å². The van der Waals surface area contributed by atoms with E-state index in [9.17, 15) is 9.59 Å². The number of hydroxylamine groups is 2. The maximum absolute atomic E-state index is 13.4. The highest BCUT2D eigenvalue weighted by Crippen LogP contribution is 2.43. The minimum Gasteiger partial charge on any atom is -0.444 e. The number of aromatic nitrogens is 2. The molecule has 0 bridgehead atoms. The second-order valence-electron chi connectivity index (χ2n) is 8.65. The molecular formula is C23H29ClN4O4. The van der Waals surface area contributed by atoms with Gasteiger partial charge in [0.05, 0.1) is 35.6 Å². The summed E-state index contributed by atoms with van der Waals surface area (Å²) in [6.45, 7) is 5.47. The summed E-state index contributed by atoms with van der Waals surface area (Å²) in [6.07, 6.45) is 3.39. The van der Waals surface area contributed by atoms with Gasteiger partial charge in [-0.05, 0) is 64.3 Å². The fourth-order valence-corrected chi connectivity index (χ4v) is 4.02. The van der Waals surface area contributed by atoms with E-state index >= 15 is 0 Å². The number of hydrogen-bond donors (Lipinski definition) is 0. The third kappa shape index (κ3) is 5.37. The van der Waals surface area contributed by atoms with Crippen LogP contribution in [0, 0.1) is 0 Å². The fraction of sp³-hybridized carbons (Fsp3) is 0.478. The van der Waals surface area contributed by atoms with Crippen LogP contribution in [0.1, 0.15) is 74.0 Å². The van der Waals surface area contributed by atoms with E-state index in [1.807, 2.05) is 26.8 Å². The van der Waals surface area contributed by atoms with Crippen molar-refractivity contribution in [2.24, 2.45) is 0 Å². The molecule has 2 atom stereocenters. The van der Waals surface area contributed by atoms with Gasteiger partial charge >= 0.3 is 6.09 Å². The zero-order valence-corrected chi connectivity index (χ0v) is 19.8. The molecule has 1 saturated heterocycles. The molecule has 8 nitrogen and oxygen atoms in total. The highest BCUT2D eigenvalue weighted by atomic mass is 35.5. The highest BCUT2D eigenvalue weighted by Gasteiger charge is 2.40. The van der Waals surface area contributed by atoms with Crippen molar-refractivity contribution in [2.45, 2.75) is 57.7 Å². The number of ether oxygens (including phenoxy) is 1. The average molecular weight is 461 g/mol. The third-order valence-corrected chi connectivity index (χ3v) is 5.54. The Bertz CT molecular complexity index is 978. The van der Waals surface area contributed by atoms with Gasteiger partial charge < -0.3 is 4.74 Å². The molecular weight excluding hydrogens is 432 g/mol. The second kappa shape index (κ2) is 9.83. The molecule has 1 aliphatic rings. The number of hydrogen-bond acceptors (Lipinski definition) is 6. The Morgan fingerprint density at radius 1 is 1.16 bits per heavy atom. The lowest BCUT2D eigenvalue weighted by atomic mass is 9.91. The van der Waals surface area contributed by atoms with Gasteiger partial charge in [-0.2, -0.15) is 0 Å². The van der Waals surface area contributed by atoms with Crippen LogP contribution in [0.25, 0.3) is 0 Å². The van der Waals surface area contributed by atoms with E-state index in [4.69, 9.17) is 21.2 Å². The van der Waals surface area contributed by atoms with Gasteiger partial charge in [0.25, 0.3) is 5.91 Å². The monoisotopic (exact) mass is 460 g/mol. The van der Waals surface area contributed by atoms with Gasteiger partial charge in [-0.25, -0.2) is 14.8 Å². The molecule has 0 aliphatic carbocycles. The zero-order valence-electron chi connectivity index (χ0n) is 19.0. The number of rotatable bonds is 4. The number of likely N-dealkylation sites (tertiary alicyclic amines) is 1. The lowest BCUT2D eigenvalue weighted by Gasteiger charge is -2.42. The van der Waals surface area contributed by atoms with Gasteiger partial charge in [-0.3, -0.25) is 19.5 Å². The molecule has 3 heterocycles. The molecule has 9 heteroatoms. The molecule has 0 aromatic carbocycles. The molecule has 32 heavy (non-hydrogen) atoms. The Labute approximate surface area is 193 Å². The Balaban J connectivity index is 2.04. The summed E-state index contributed by atoms with van der Waals surface area (Å²) in [6, 6.07) is 7.93. The number of nitrogens with zero attached hydrogens (tertiary/aromatic N) is 4. The number of piperidine rings is 1. The minimum absolute atomic E-state index is 0.231. The number of carbonyl (C=O) groups excluding carboxylic acids is 2. The Morgan fingerprint density at radius 2 is 1.88 bits per heavy atom. The molecule has 0 spiro atoms.